The number of methoxy groups -OCH3 is 2. The number of aromatic nitrogens is 1. The molecular formula is C26H26BrN3O2. The zero-order chi connectivity index (χ0) is 22.5. The van der Waals surface area contributed by atoms with Crippen molar-refractivity contribution in [1.82, 2.24) is 9.99 Å². The normalized spacial score (nSPS) is 11.2. The van der Waals surface area contributed by atoms with E-state index >= 15 is 0 Å². The van der Waals surface area contributed by atoms with Gasteiger partial charge in [-0.25, -0.2) is 0 Å². The van der Waals surface area contributed by atoms with Gasteiger partial charge in [-0.2, -0.15) is 5.10 Å². The van der Waals surface area contributed by atoms with E-state index in [9.17, 15) is 0 Å². The second kappa shape index (κ2) is 9.92. The highest BCUT2D eigenvalue weighted by molar-refractivity contribution is 9.10. The van der Waals surface area contributed by atoms with Crippen molar-refractivity contribution in [3.63, 3.8) is 0 Å². The molecule has 1 N–H and O–H groups in total. The number of benzene rings is 3. The fourth-order valence-electron chi connectivity index (χ4n) is 3.83. The van der Waals surface area contributed by atoms with Gasteiger partial charge in [0, 0.05) is 33.2 Å². The highest BCUT2D eigenvalue weighted by Gasteiger charge is 2.12. The predicted octanol–water partition coefficient (Wildman–Crippen LogP) is 5.90. The third-order valence-electron chi connectivity index (χ3n) is 5.55. The molecule has 6 heteroatoms. The van der Waals surface area contributed by atoms with E-state index in [-0.39, 0.29) is 0 Å². The van der Waals surface area contributed by atoms with Crippen LogP contribution in [-0.2, 0) is 13.1 Å². The van der Waals surface area contributed by atoms with Crippen molar-refractivity contribution in [2.24, 2.45) is 5.10 Å². The highest BCUT2D eigenvalue weighted by Crippen LogP contribution is 2.28. The number of fused-ring (bicyclic) bond motifs is 1. The summed E-state index contributed by atoms with van der Waals surface area (Å²) in [6.07, 6.45) is 1.91. The fraction of sp³-hybridized carbons (Fsp3) is 0.192. The molecule has 4 aromatic rings. The van der Waals surface area contributed by atoms with Crippen molar-refractivity contribution in [2.75, 3.05) is 14.2 Å². The summed E-state index contributed by atoms with van der Waals surface area (Å²) >= 11 is 3.51. The van der Waals surface area contributed by atoms with Crippen LogP contribution >= 0.6 is 15.9 Å². The fourth-order valence-corrected chi connectivity index (χ4v) is 4.10. The first-order valence-electron chi connectivity index (χ1n) is 10.4. The average Bonchev–Trinajstić information content (AvgIpc) is 3.08. The molecule has 0 aliphatic heterocycles. The summed E-state index contributed by atoms with van der Waals surface area (Å²) in [5.74, 6) is 1.43. The second-order valence-corrected chi connectivity index (χ2v) is 8.43. The van der Waals surface area contributed by atoms with Crippen molar-refractivity contribution in [2.45, 2.75) is 20.0 Å². The topological polar surface area (TPSA) is 47.8 Å². The summed E-state index contributed by atoms with van der Waals surface area (Å²) in [6.45, 7) is 3.55. The van der Waals surface area contributed by atoms with E-state index in [1.54, 1.807) is 14.2 Å². The maximum absolute atomic E-state index is 5.38. The Kier molecular flexibility index (Phi) is 6.81. The maximum Gasteiger partial charge on any atom is 0.161 e. The molecule has 0 aliphatic carbocycles. The molecular weight excluding hydrogens is 466 g/mol. The molecule has 0 radical (unpaired) electrons. The number of hydrogen-bond acceptors (Lipinski definition) is 4. The summed E-state index contributed by atoms with van der Waals surface area (Å²) < 4.78 is 14.1. The molecule has 0 bridgehead atoms. The van der Waals surface area contributed by atoms with Gasteiger partial charge in [-0.3, -0.25) is 0 Å². The lowest BCUT2D eigenvalue weighted by Gasteiger charge is -2.09. The van der Waals surface area contributed by atoms with Gasteiger partial charge in [0.25, 0.3) is 0 Å². The number of rotatable bonds is 8. The van der Waals surface area contributed by atoms with Crippen LogP contribution in [0.3, 0.4) is 0 Å². The van der Waals surface area contributed by atoms with E-state index < -0.39 is 0 Å². The number of hydrazone groups is 1. The quantitative estimate of drug-likeness (QED) is 0.246. The third kappa shape index (κ3) is 4.65. The zero-order valence-electron chi connectivity index (χ0n) is 18.4. The molecule has 4 rings (SSSR count). The van der Waals surface area contributed by atoms with Gasteiger partial charge < -0.3 is 19.5 Å². The number of para-hydroxylation sites is 1. The molecule has 1 heterocycles. The third-order valence-corrected chi connectivity index (χ3v) is 6.08. The summed E-state index contributed by atoms with van der Waals surface area (Å²) in [4.78, 5) is 0. The van der Waals surface area contributed by atoms with Crippen molar-refractivity contribution in [3.8, 4) is 11.5 Å². The number of hydrogen-bond donors (Lipinski definition) is 1. The molecule has 0 fully saturated rings. The number of halogens is 1. The first-order chi connectivity index (χ1) is 15.6. The Hall–Kier alpha value is -3.25. The number of nitrogens with one attached hydrogen (secondary N) is 1. The SMILES string of the molecule is COc1ccc(CN/N=C/c2c(C)n(Cc3ccc(Br)cc3)c3ccccc23)cc1OC. The van der Waals surface area contributed by atoms with Crippen molar-refractivity contribution in [3.05, 3.63) is 93.6 Å². The van der Waals surface area contributed by atoms with Crippen LogP contribution in [0.5, 0.6) is 11.5 Å². The molecule has 1 aromatic heterocycles. The molecule has 0 saturated heterocycles. The Morgan fingerprint density at radius 2 is 1.66 bits per heavy atom. The number of ether oxygens (including phenoxy) is 2. The van der Waals surface area contributed by atoms with Gasteiger partial charge in [0.1, 0.15) is 0 Å². The Labute approximate surface area is 196 Å². The summed E-state index contributed by atoms with van der Waals surface area (Å²) in [5, 5.41) is 5.70. The molecule has 32 heavy (non-hydrogen) atoms. The lowest BCUT2D eigenvalue weighted by Crippen LogP contribution is -2.06. The average molecular weight is 492 g/mol. The van der Waals surface area contributed by atoms with Gasteiger partial charge in [0.2, 0.25) is 0 Å². The lowest BCUT2D eigenvalue weighted by molar-refractivity contribution is 0.354. The van der Waals surface area contributed by atoms with E-state index in [0.717, 1.165) is 22.1 Å². The van der Waals surface area contributed by atoms with Crippen LogP contribution in [-0.4, -0.2) is 25.0 Å². The summed E-state index contributed by atoms with van der Waals surface area (Å²) in [5.41, 5.74) is 8.99. The molecule has 0 amide bonds. The minimum Gasteiger partial charge on any atom is -0.493 e. The van der Waals surface area contributed by atoms with Gasteiger partial charge in [-0.1, -0.05) is 52.3 Å². The van der Waals surface area contributed by atoms with Gasteiger partial charge in [-0.05, 0) is 48.4 Å². The second-order valence-electron chi connectivity index (χ2n) is 7.51. The highest BCUT2D eigenvalue weighted by atomic mass is 79.9. The lowest BCUT2D eigenvalue weighted by atomic mass is 10.1. The van der Waals surface area contributed by atoms with Gasteiger partial charge in [0.15, 0.2) is 11.5 Å². The van der Waals surface area contributed by atoms with Crippen molar-refractivity contribution < 1.29 is 9.47 Å². The van der Waals surface area contributed by atoms with Crippen molar-refractivity contribution >= 4 is 33.0 Å². The smallest absolute Gasteiger partial charge is 0.161 e. The Morgan fingerprint density at radius 3 is 2.41 bits per heavy atom. The van der Waals surface area contributed by atoms with E-state index in [1.165, 1.54) is 22.2 Å². The zero-order valence-corrected chi connectivity index (χ0v) is 20.0. The molecule has 0 saturated carbocycles. The minimum absolute atomic E-state index is 0.591. The molecule has 0 aliphatic rings. The van der Waals surface area contributed by atoms with Crippen LogP contribution in [0.1, 0.15) is 22.4 Å². The largest absolute Gasteiger partial charge is 0.493 e. The molecule has 3 aromatic carbocycles. The van der Waals surface area contributed by atoms with Crippen LogP contribution in [0.25, 0.3) is 10.9 Å². The minimum atomic E-state index is 0.591. The first kappa shape index (κ1) is 22.0. The van der Waals surface area contributed by atoms with E-state index in [4.69, 9.17) is 9.47 Å². The van der Waals surface area contributed by atoms with E-state index in [2.05, 4.69) is 86.5 Å². The van der Waals surface area contributed by atoms with Crippen molar-refractivity contribution in [1.29, 1.82) is 0 Å². The van der Waals surface area contributed by atoms with Crippen LogP contribution in [0, 0.1) is 6.92 Å². The van der Waals surface area contributed by atoms with Gasteiger partial charge >= 0.3 is 0 Å². The Bertz CT molecular complexity index is 1250. The van der Waals surface area contributed by atoms with Gasteiger partial charge in [-0.15, -0.1) is 0 Å². The monoisotopic (exact) mass is 491 g/mol. The van der Waals surface area contributed by atoms with Crippen LogP contribution < -0.4 is 14.9 Å². The van der Waals surface area contributed by atoms with Crippen LogP contribution in [0.2, 0.25) is 0 Å². The molecule has 0 unspecified atom stereocenters. The standard InChI is InChI=1S/C26H26BrN3O2/c1-18-23(16-29-28-15-20-10-13-25(31-2)26(14-20)32-3)22-6-4-5-7-24(22)30(18)17-19-8-11-21(27)12-9-19/h4-14,16,28H,15,17H2,1-3H3/b29-16+. The molecule has 0 spiro atoms. The number of nitrogens with zero attached hydrogens (tertiary/aromatic N) is 2. The first-order valence-corrected chi connectivity index (χ1v) is 11.2. The molecule has 5 nitrogen and oxygen atoms in total. The predicted molar refractivity (Wildman–Crippen MR) is 134 cm³/mol. The van der Waals surface area contributed by atoms with Crippen LogP contribution in [0.4, 0.5) is 0 Å². The Balaban J connectivity index is 1.55. The summed E-state index contributed by atoms with van der Waals surface area (Å²) in [7, 11) is 3.27. The Morgan fingerprint density at radius 1 is 0.938 bits per heavy atom. The van der Waals surface area contributed by atoms with Crippen LogP contribution in [0.15, 0.2) is 76.3 Å². The summed E-state index contributed by atoms with van der Waals surface area (Å²) in [6, 6.07) is 22.8. The van der Waals surface area contributed by atoms with E-state index in [0.29, 0.717) is 18.0 Å². The van der Waals surface area contributed by atoms with E-state index in [1.807, 2.05) is 24.4 Å². The molecule has 164 valence electrons. The maximum atomic E-state index is 5.38. The van der Waals surface area contributed by atoms with Gasteiger partial charge in [0.05, 0.1) is 27.0 Å². The molecule has 0 atom stereocenters.